The normalized spacial score (nSPS) is 10.7. The van der Waals surface area contributed by atoms with Gasteiger partial charge in [-0.05, 0) is 38.0 Å². The zero-order chi connectivity index (χ0) is 15.4. The summed E-state index contributed by atoms with van der Waals surface area (Å²) in [6.07, 6.45) is 1.00. The van der Waals surface area contributed by atoms with E-state index in [1.807, 2.05) is 25.6 Å². The van der Waals surface area contributed by atoms with Crippen molar-refractivity contribution in [2.45, 2.75) is 33.2 Å². The second-order valence-electron chi connectivity index (χ2n) is 5.18. The molecule has 0 bridgehead atoms. The number of aromatic nitrogens is 2. The Morgan fingerprint density at radius 3 is 2.52 bits per heavy atom. The second kappa shape index (κ2) is 6.52. The third kappa shape index (κ3) is 3.90. The fourth-order valence-corrected chi connectivity index (χ4v) is 2.26. The van der Waals surface area contributed by atoms with Gasteiger partial charge in [0.25, 0.3) is 0 Å². The third-order valence-corrected chi connectivity index (χ3v) is 3.68. The third-order valence-electron chi connectivity index (χ3n) is 3.68. The first-order chi connectivity index (χ1) is 9.97. The molecule has 0 aliphatic carbocycles. The zero-order valence-corrected chi connectivity index (χ0v) is 12.6. The molecule has 0 unspecified atom stereocenters. The standard InChI is InChI=1S/C16H20FN3O/c1-11-15(12(2)20(3)19-11)10-18-16(21)9-6-13-4-7-14(17)8-5-13/h4-5,7-8H,6,9-10H2,1-3H3,(H,18,21). The highest BCUT2D eigenvalue weighted by Crippen LogP contribution is 2.11. The highest BCUT2D eigenvalue weighted by Gasteiger charge is 2.10. The van der Waals surface area contributed by atoms with Gasteiger partial charge in [0.1, 0.15) is 5.82 Å². The van der Waals surface area contributed by atoms with Gasteiger partial charge in [-0.3, -0.25) is 9.48 Å². The number of amides is 1. The van der Waals surface area contributed by atoms with Crippen molar-refractivity contribution in [2.24, 2.45) is 7.05 Å². The molecule has 0 spiro atoms. The summed E-state index contributed by atoms with van der Waals surface area (Å²) >= 11 is 0. The van der Waals surface area contributed by atoms with Crippen LogP contribution in [0.1, 0.15) is 28.9 Å². The molecule has 112 valence electrons. The molecular weight excluding hydrogens is 269 g/mol. The highest BCUT2D eigenvalue weighted by molar-refractivity contribution is 5.76. The minimum atomic E-state index is -0.259. The summed E-state index contributed by atoms with van der Waals surface area (Å²) < 4.78 is 14.6. The van der Waals surface area contributed by atoms with Crippen LogP contribution in [0.4, 0.5) is 4.39 Å². The average Bonchev–Trinajstić information content (AvgIpc) is 2.69. The second-order valence-corrected chi connectivity index (χ2v) is 5.18. The molecule has 2 rings (SSSR count). The molecule has 2 aromatic rings. The Balaban J connectivity index is 1.83. The predicted octanol–water partition coefficient (Wildman–Crippen LogP) is 2.43. The van der Waals surface area contributed by atoms with E-state index in [-0.39, 0.29) is 11.7 Å². The number of hydrogen-bond acceptors (Lipinski definition) is 2. The van der Waals surface area contributed by atoms with Crippen LogP contribution in [0.5, 0.6) is 0 Å². The Morgan fingerprint density at radius 1 is 1.29 bits per heavy atom. The summed E-state index contributed by atoms with van der Waals surface area (Å²) in [5.74, 6) is -0.271. The molecule has 1 aromatic heterocycles. The van der Waals surface area contributed by atoms with Crippen molar-refractivity contribution in [3.8, 4) is 0 Å². The Labute approximate surface area is 124 Å². The van der Waals surface area contributed by atoms with Crippen molar-refractivity contribution < 1.29 is 9.18 Å². The van der Waals surface area contributed by atoms with Crippen molar-refractivity contribution in [3.63, 3.8) is 0 Å². The lowest BCUT2D eigenvalue weighted by atomic mass is 10.1. The van der Waals surface area contributed by atoms with E-state index >= 15 is 0 Å². The average molecular weight is 289 g/mol. The van der Waals surface area contributed by atoms with Gasteiger partial charge < -0.3 is 5.32 Å². The molecule has 0 saturated carbocycles. The summed E-state index contributed by atoms with van der Waals surface area (Å²) in [5.41, 5.74) is 4.02. The van der Waals surface area contributed by atoms with E-state index in [9.17, 15) is 9.18 Å². The first-order valence-corrected chi connectivity index (χ1v) is 6.97. The molecule has 4 nitrogen and oxygen atoms in total. The number of hydrogen-bond donors (Lipinski definition) is 1. The minimum absolute atomic E-state index is 0.0121. The Hall–Kier alpha value is -2.17. The monoisotopic (exact) mass is 289 g/mol. The molecular formula is C16H20FN3O. The van der Waals surface area contributed by atoms with E-state index in [0.717, 1.165) is 22.5 Å². The molecule has 1 N–H and O–H groups in total. The summed E-state index contributed by atoms with van der Waals surface area (Å²) in [7, 11) is 1.89. The largest absolute Gasteiger partial charge is 0.352 e. The van der Waals surface area contributed by atoms with Crippen LogP contribution in [0, 0.1) is 19.7 Å². The molecule has 0 radical (unpaired) electrons. The van der Waals surface area contributed by atoms with Crippen LogP contribution in [0.15, 0.2) is 24.3 Å². The molecule has 21 heavy (non-hydrogen) atoms. The van der Waals surface area contributed by atoms with Gasteiger partial charge >= 0.3 is 0 Å². The highest BCUT2D eigenvalue weighted by atomic mass is 19.1. The minimum Gasteiger partial charge on any atom is -0.352 e. The molecule has 0 fully saturated rings. The Morgan fingerprint density at radius 2 is 1.95 bits per heavy atom. The lowest BCUT2D eigenvalue weighted by Crippen LogP contribution is -2.23. The van der Waals surface area contributed by atoms with Crippen LogP contribution in [-0.2, 0) is 24.8 Å². The van der Waals surface area contributed by atoms with Crippen molar-refractivity contribution in [1.82, 2.24) is 15.1 Å². The lowest BCUT2D eigenvalue weighted by Gasteiger charge is -2.06. The SMILES string of the molecule is Cc1nn(C)c(C)c1CNC(=O)CCc1ccc(F)cc1. The van der Waals surface area contributed by atoms with E-state index in [0.29, 0.717) is 19.4 Å². The van der Waals surface area contributed by atoms with Gasteiger partial charge in [0.05, 0.1) is 5.69 Å². The Kier molecular flexibility index (Phi) is 4.73. The van der Waals surface area contributed by atoms with Crippen LogP contribution in [-0.4, -0.2) is 15.7 Å². The van der Waals surface area contributed by atoms with Crippen molar-refractivity contribution in [1.29, 1.82) is 0 Å². The van der Waals surface area contributed by atoms with Gasteiger partial charge in [-0.2, -0.15) is 5.10 Å². The van der Waals surface area contributed by atoms with E-state index in [1.54, 1.807) is 12.1 Å². The van der Waals surface area contributed by atoms with Crippen molar-refractivity contribution >= 4 is 5.91 Å². The number of rotatable bonds is 5. The van der Waals surface area contributed by atoms with Gasteiger partial charge in [-0.25, -0.2) is 4.39 Å². The summed E-state index contributed by atoms with van der Waals surface area (Å²) in [4.78, 5) is 11.9. The van der Waals surface area contributed by atoms with E-state index < -0.39 is 0 Å². The summed E-state index contributed by atoms with van der Waals surface area (Å²) in [5, 5.41) is 7.23. The first-order valence-electron chi connectivity index (χ1n) is 6.97. The van der Waals surface area contributed by atoms with Gasteiger partial charge in [0.15, 0.2) is 0 Å². The summed E-state index contributed by atoms with van der Waals surface area (Å²) in [6.45, 7) is 4.42. The molecule has 0 aliphatic rings. The fourth-order valence-electron chi connectivity index (χ4n) is 2.26. The van der Waals surface area contributed by atoms with Crippen molar-refractivity contribution in [3.05, 3.63) is 52.6 Å². The van der Waals surface area contributed by atoms with Gasteiger partial charge in [-0.15, -0.1) is 0 Å². The van der Waals surface area contributed by atoms with Crippen LogP contribution in [0.3, 0.4) is 0 Å². The molecule has 0 aliphatic heterocycles. The van der Waals surface area contributed by atoms with Crippen LogP contribution < -0.4 is 5.32 Å². The maximum absolute atomic E-state index is 12.8. The quantitative estimate of drug-likeness (QED) is 0.919. The van der Waals surface area contributed by atoms with Gasteiger partial charge in [-0.1, -0.05) is 12.1 Å². The first kappa shape index (κ1) is 15.2. The zero-order valence-electron chi connectivity index (χ0n) is 12.6. The number of nitrogens with zero attached hydrogens (tertiary/aromatic N) is 2. The van der Waals surface area contributed by atoms with Crippen LogP contribution in [0.2, 0.25) is 0 Å². The Bertz CT molecular complexity index is 632. The maximum Gasteiger partial charge on any atom is 0.220 e. The molecule has 5 heteroatoms. The fraction of sp³-hybridized carbons (Fsp3) is 0.375. The molecule has 1 amide bonds. The molecule has 1 heterocycles. The van der Waals surface area contributed by atoms with Crippen LogP contribution >= 0.6 is 0 Å². The number of halogens is 1. The van der Waals surface area contributed by atoms with Gasteiger partial charge in [0.2, 0.25) is 5.91 Å². The maximum atomic E-state index is 12.8. The number of carbonyl (C=O) groups excluding carboxylic acids is 1. The lowest BCUT2D eigenvalue weighted by molar-refractivity contribution is -0.121. The molecule has 1 aromatic carbocycles. The summed E-state index contributed by atoms with van der Waals surface area (Å²) in [6, 6.07) is 6.24. The van der Waals surface area contributed by atoms with E-state index in [1.165, 1.54) is 12.1 Å². The smallest absolute Gasteiger partial charge is 0.220 e. The number of nitrogens with one attached hydrogen (secondary N) is 1. The van der Waals surface area contributed by atoms with E-state index in [2.05, 4.69) is 10.4 Å². The van der Waals surface area contributed by atoms with Crippen LogP contribution in [0.25, 0.3) is 0 Å². The van der Waals surface area contributed by atoms with Crippen molar-refractivity contribution in [2.75, 3.05) is 0 Å². The van der Waals surface area contributed by atoms with E-state index in [4.69, 9.17) is 0 Å². The predicted molar refractivity (Wildman–Crippen MR) is 79.2 cm³/mol. The van der Waals surface area contributed by atoms with Gasteiger partial charge in [0, 0.05) is 31.3 Å². The molecule has 0 atom stereocenters. The topological polar surface area (TPSA) is 46.9 Å². The number of aryl methyl sites for hydroxylation is 3. The number of carbonyl (C=O) groups is 1. The molecule has 0 saturated heterocycles. The number of benzene rings is 1.